The molecule has 2 N–H and O–H groups in total. The number of rotatable bonds is 3. The van der Waals surface area contributed by atoms with Gasteiger partial charge in [0.25, 0.3) is 5.91 Å². The summed E-state index contributed by atoms with van der Waals surface area (Å²) in [6.45, 7) is 2.69. The van der Waals surface area contributed by atoms with Crippen LogP contribution in [0.25, 0.3) is 11.3 Å². The van der Waals surface area contributed by atoms with Gasteiger partial charge < -0.3 is 5.73 Å². The van der Waals surface area contributed by atoms with E-state index in [0.29, 0.717) is 22.9 Å². The molecule has 168 valence electrons. The molecule has 0 saturated heterocycles. The Labute approximate surface area is 182 Å². The highest BCUT2D eigenvalue weighted by Crippen LogP contribution is 2.38. The van der Waals surface area contributed by atoms with E-state index in [9.17, 15) is 18.0 Å². The van der Waals surface area contributed by atoms with Crippen LogP contribution in [0.1, 0.15) is 65.0 Å². The highest BCUT2D eigenvalue weighted by atomic mass is 19.4. The molecule has 1 saturated carbocycles. The largest absolute Gasteiger partial charge is 0.433 e. The molecular weight excluding hydrogens is 421 g/mol. The van der Waals surface area contributed by atoms with E-state index in [1.165, 1.54) is 6.20 Å². The number of hydrogen-bond donors (Lipinski definition) is 1. The standard InChI is InChI=1S/C13H12F3N3.C9H11N3O/c14-13(15,16)12-7-9(4-5-17-12)11-8-10-3-1-2-6-19(10)18-11;1-5-4-7(8(10)13)12-9(11-5)6-2-3-6/h4-5,7-8H,1-3,6H2;4,6H,2-3H2,1H3,(H2,10,13). The third-order valence-electron chi connectivity index (χ3n) is 5.33. The normalized spacial score (nSPS) is 15.5. The van der Waals surface area contributed by atoms with Gasteiger partial charge in [-0.2, -0.15) is 18.3 Å². The second-order valence-corrected chi connectivity index (χ2v) is 8.02. The first-order valence-electron chi connectivity index (χ1n) is 10.5. The van der Waals surface area contributed by atoms with E-state index in [1.807, 2.05) is 17.7 Å². The van der Waals surface area contributed by atoms with Crippen LogP contribution in [0.4, 0.5) is 13.2 Å². The Morgan fingerprint density at radius 3 is 2.59 bits per heavy atom. The number of fused-ring (bicyclic) bond motifs is 1. The number of alkyl halides is 3. The summed E-state index contributed by atoms with van der Waals surface area (Å²) in [6.07, 6.45) is 2.12. The summed E-state index contributed by atoms with van der Waals surface area (Å²) < 4.78 is 39.7. The van der Waals surface area contributed by atoms with Crippen molar-refractivity contribution in [1.82, 2.24) is 24.7 Å². The van der Waals surface area contributed by atoms with E-state index in [0.717, 1.165) is 61.9 Å². The highest BCUT2D eigenvalue weighted by molar-refractivity contribution is 5.90. The van der Waals surface area contributed by atoms with Gasteiger partial charge in [0.05, 0.1) is 5.69 Å². The van der Waals surface area contributed by atoms with Crippen LogP contribution in [-0.2, 0) is 19.1 Å². The Morgan fingerprint density at radius 1 is 1.16 bits per heavy atom. The first kappa shape index (κ1) is 21.9. The van der Waals surface area contributed by atoms with Crippen LogP contribution in [0.2, 0.25) is 0 Å². The van der Waals surface area contributed by atoms with Crippen LogP contribution in [0.15, 0.2) is 30.5 Å². The summed E-state index contributed by atoms with van der Waals surface area (Å²) in [5, 5.41) is 4.37. The van der Waals surface area contributed by atoms with E-state index in [4.69, 9.17) is 5.73 Å². The monoisotopic (exact) mass is 444 g/mol. The zero-order valence-electron chi connectivity index (χ0n) is 17.6. The van der Waals surface area contributed by atoms with Crippen molar-refractivity contribution in [3.63, 3.8) is 0 Å². The van der Waals surface area contributed by atoms with Gasteiger partial charge >= 0.3 is 6.18 Å². The summed E-state index contributed by atoms with van der Waals surface area (Å²) >= 11 is 0. The van der Waals surface area contributed by atoms with Gasteiger partial charge in [-0.15, -0.1) is 0 Å². The Bertz CT molecular complexity index is 1110. The molecule has 0 radical (unpaired) electrons. The van der Waals surface area contributed by atoms with E-state index >= 15 is 0 Å². The molecule has 1 amide bonds. The van der Waals surface area contributed by atoms with Crippen LogP contribution in [0.3, 0.4) is 0 Å². The molecule has 3 aromatic rings. The fraction of sp³-hybridized carbons (Fsp3) is 0.409. The maximum atomic E-state index is 12.6. The number of halogens is 3. The van der Waals surface area contributed by atoms with Crippen LogP contribution >= 0.6 is 0 Å². The van der Waals surface area contributed by atoms with Gasteiger partial charge in [-0.05, 0) is 63.3 Å². The lowest BCUT2D eigenvalue weighted by Crippen LogP contribution is -2.15. The van der Waals surface area contributed by atoms with Crippen molar-refractivity contribution in [1.29, 1.82) is 0 Å². The fourth-order valence-electron chi connectivity index (χ4n) is 3.55. The Balaban J connectivity index is 0.000000165. The molecule has 0 bridgehead atoms. The molecule has 1 fully saturated rings. The molecule has 5 rings (SSSR count). The number of carbonyl (C=O) groups excluding carboxylic acids is 1. The molecular formula is C22H23F3N6O. The topological polar surface area (TPSA) is 99.6 Å². The summed E-state index contributed by atoms with van der Waals surface area (Å²) in [7, 11) is 0. The molecule has 0 atom stereocenters. The van der Waals surface area contributed by atoms with Gasteiger partial charge in [-0.25, -0.2) is 9.97 Å². The van der Waals surface area contributed by atoms with Crippen LogP contribution in [0, 0.1) is 6.92 Å². The number of primary amides is 1. The third kappa shape index (κ3) is 5.12. The molecule has 0 aromatic carbocycles. The van der Waals surface area contributed by atoms with E-state index in [-0.39, 0.29) is 0 Å². The van der Waals surface area contributed by atoms with Crippen LogP contribution in [0.5, 0.6) is 0 Å². The van der Waals surface area contributed by atoms with Gasteiger partial charge in [0.1, 0.15) is 17.2 Å². The van der Waals surface area contributed by atoms with E-state index in [1.54, 1.807) is 12.1 Å². The van der Waals surface area contributed by atoms with Crippen molar-refractivity contribution in [2.24, 2.45) is 5.73 Å². The average molecular weight is 444 g/mol. The molecule has 1 aliphatic carbocycles. The first-order valence-corrected chi connectivity index (χ1v) is 10.5. The van der Waals surface area contributed by atoms with E-state index in [2.05, 4.69) is 20.1 Å². The van der Waals surface area contributed by atoms with Crippen molar-refractivity contribution in [2.75, 3.05) is 0 Å². The Hall–Kier alpha value is -3.30. The quantitative estimate of drug-likeness (QED) is 0.657. The maximum Gasteiger partial charge on any atom is 0.433 e. The average Bonchev–Trinajstić information content (AvgIpc) is 3.52. The lowest BCUT2D eigenvalue weighted by atomic mass is 10.1. The predicted octanol–water partition coefficient (Wildman–Crippen LogP) is 4.06. The van der Waals surface area contributed by atoms with Gasteiger partial charge in [0, 0.05) is 35.6 Å². The molecule has 3 aromatic heterocycles. The lowest BCUT2D eigenvalue weighted by Gasteiger charge is -2.11. The van der Waals surface area contributed by atoms with Crippen molar-refractivity contribution in [3.8, 4) is 11.3 Å². The Kier molecular flexibility index (Phi) is 5.94. The predicted molar refractivity (Wildman–Crippen MR) is 111 cm³/mol. The number of amides is 1. The molecule has 4 heterocycles. The zero-order chi connectivity index (χ0) is 22.9. The number of nitrogens with two attached hydrogens (primary N) is 1. The number of aromatic nitrogens is 5. The zero-order valence-corrected chi connectivity index (χ0v) is 17.6. The van der Waals surface area contributed by atoms with Gasteiger partial charge in [0.2, 0.25) is 0 Å². The smallest absolute Gasteiger partial charge is 0.364 e. The number of nitrogens with zero attached hydrogens (tertiary/aromatic N) is 5. The second kappa shape index (κ2) is 8.68. The molecule has 0 spiro atoms. The summed E-state index contributed by atoms with van der Waals surface area (Å²) in [5.74, 6) is 0.749. The number of carbonyl (C=O) groups is 1. The molecule has 2 aliphatic rings. The number of aryl methyl sites for hydroxylation is 3. The maximum absolute atomic E-state index is 12.6. The van der Waals surface area contributed by atoms with Gasteiger partial charge in [0.15, 0.2) is 0 Å². The molecule has 32 heavy (non-hydrogen) atoms. The molecule has 10 heteroatoms. The van der Waals surface area contributed by atoms with Crippen molar-refractivity contribution in [2.45, 2.75) is 57.7 Å². The minimum atomic E-state index is -4.42. The summed E-state index contributed by atoms with van der Waals surface area (Å²) in [4.78, 5) is 22.6. The minimum absolute atomic E-state index is 0.328. The second-order valence-electron chi connectivity index (χ2n) is 8.02. The molecule has 1 aliphatic heterocycles. The molecule has 0 unspecified atom stereocenters. The van der Waals surface area contributed by atoms with Crippen molar-refractivity contribution in [3.05, 3.63) is 59.1 Å². The van der Waals surface area contributed by atoms with Gasteiger partial charge in [-0.1, -0.05) is 0 Å². The summed E-state index contributed by atoms with van der Waals surface area (Å²) in [5.41, 5.74) is 7.54. The fourth-order valence-corrected chi connectivity index (χ4v) is 3.55. The number of hydrogen-bond acceptors (Lipinski definition) is 5. The SMILES string of the molecule is Cc1cc(C(N)=O)nc(C2CC2)n1.FC(F)(F)c1cc(-c2cc3n(n2)CCCC3)ccn1. The molecule has 7 nitrogen and oxygen atoms in total. The highest BCUT2D eigenvalue weighted by Gasteiger charge is 2.32. The first-order chi connectivity index (χ1) is 15.2. The van der Waals surface area contributed by atoms with Crippen molar-refractivity contribution < 1.29 is 18.0 Å². The Morgan fingerprint density at radius 2 is 1.94 bits per heavy atom. The minimum Gasteiger partial charge on any atom is -0.364 e. The summed E-state index contributed by atoms with van der Waals surface area (Å²) in [6, 6.07) is 6.10. The van der Waals surface area contributed by atoms with Crippen LogP contribution < -0.4 is 5.73 Å². The third-order valence-corrected chi connectivity index (χ3v) is 5.33. The lowest BCUT2D eigenvalue weighted by molar-refractivity contribution is -0.141. The van der Waals surface area contributed by atoms with E-state index < -0.39 is 17.8 Å². The number of pyridine rings is 1. The van der Waals surface area contributed by atoms with Crippen LogP contribution in [-0.4, -0.2) is 30.6 Å². The van der Waals surface area contributed by atoms with Crippen molar-refractivity contribution >= 4 is 5.91 Å². The van der Waals surface area contributed by atoms with Gasteiger partial charge in [-0.3, -0.25) is 14.5 Å².